The molecular formula is C9H21GaN2. The summed E-state index contributed by atoms with van der Waals surface area (Å²) in [6.07, 6.45) is 0. The van der Waals surface area contributed by atoms with Crippen LogP contribution in [0.1, 0.15) is 13.8 Å². The second-order valence-electron chi connectivity index (χ2n) is 3.70. The topological polar surface area (TPSA) is 6.48 Å². The van der Waals surface area contributed by atoms with Gasteiger partial charge in [-0.25, -0.2) is 0 Å². The third-order valence-corrected chi connectivity index (χ3v) is 9.26. The van der Waals surface area contributed by atoms with E-state index < -0.39 is 16.5 Å². The first-order valence-corrected chi connectivity index (χ1v) is 10.5. The molecule has 1 rings (SSSR count). The third kappa shape index (κ3) is 2.80. The fourth-order valence-corrected chi connectivity index (χ4v) is 6.73. The molecule has 1 aliphatic rings. The number of nitrogens with zero attached hydrogens (tertiary/aromatic N) is 2. The SMILES string of the molecule is CCN1CC[N](CC)[Ga]([CH3])[CH2]C1. The molecule has 1 aliphatic heterocycles. The van der Waals surface area contributed by atoms with Gasteiger partial charge in [-0.3, -0.25) is 0 Å². The summed E-state index contributed by atoms with van der Waals surface area (Å²) in [4.78, 5) is 4.12. The minimum absolute atomic E-state index is 0.970. The van der Waals surface area contributed by atoms with Crippen LogP contribution in [0, 0.1) is 0 Å². The van der Waals surface area contributed by atoms with Gasteiger partial charge in [0.15, 0.2) is 0 Å². The van der Waals surface area contributed by atoms with Gasteiger partial charge in [0.1, 0.15) is 0 Å². The second kappa shape index (κ2) is 5.32. The summed E-state index contributed by atoms with van der Waals surface area (Å²) >= 11 is -0.970. The molecule has 0 atom stereocenters. The summed E-state index contributed by atoms with van der Waals surface area (Å²) in [6.45, 7) is 11.1. The monoisotopic (exact) mass is 226 g/mol. The molecule has 0 aliphatic carbocycles. The Balaban J connectivity index is 2.41. The van der Waals surface area contributed by atoms with E-state index in [1.807, 2.05) is 0 Å². The average Bonchev–Trinajstić information content (AvgIpc) is 2.27. The van der Waals surface area contributed by atoms with Crippen LogP contribution >= 0.6 is 0 Å². The molecule has 1 saturated heterocycles. The van der Waals surface area contributed by atoms with E-state index in [4.69, 9.17) is 0 Å². The number of hydrogen-bond donors (Lipinski definition) is 0. The van der Waals surface area contributed by atoms with Crippen molar-refractivity contribution in [1.29, 1.82) is 0 Å². The van der Waals surface area contributed by atoms with E-state index in [1.165, 1.54) is 37.7 Å². The minimum atomic E-state index is -0.970. The molecule has 0 spiro atoms. The predicted octanol–water partition coefficient (Wildman–Crippen LogP) is 1.27. The average molecular weight is 227 g/mol. The molecule has 0 N–H and O–H groups in total. The van der Waals surface area contributed by atoms with Crippen molar-refractivity contribution in [2.45, 2.75) is 24.3 Å². The van der Waals surface area contributed by atoms with Gasteiger partial charge in [0.05, 0.1) is 0 Å². The molecule has 1 heterocycles. The number of likely N-dealkylation sites (N-methyl/N-ethyl adjacent to an activating group) is 2. The Labute approximate surface area is 82.2 Å². The van der Waals surface area contributed by atoms with Crippen molar-refractivity contribution in [2.24, 2.45) is 0 Å². The van der Waals surface area contributed by atoms with Gasteiger partial charge in [0.25, 0.3) is 0 Å². The molecule has 0 aromatic rings. The quantitative estimate of drug-likeness (QED) is 0.655. The van der Waals surface area contributed by atoms with Crippen LogP contribution in [-0.2, 0) is 0 Å². The van der Waals surface area contributed by atoms with Crippen molar-refractivity contribution in [3.63, 3.8) is 0 Å². The van der Waals surface area contributed by atoms with Gasteiger partial charge in [-0.2, -0.15) is 0 Å². The van der Waals surface area contributed by atoms with Crippen LogP contribution in [-0.4, -0.2) is 57.7 Å². The summed E-state index contributed by atoms with van der Waals surface area (Å²) in [5.41, 5.74) is 2.54. The third-order valence-electron chi connectivity index (χ3n) is 3.04. The van der Waals surface area contributed by atoms with Gasteiger partial charge in [-0.15, -0.1) is 0 Å². The van der Waals surface area contributed by atoms with Gasteiger partial charge >= 0.3 is 82.0 Å². The van der Waals surface area contributed by atoms with Gasteiger partial charge < -0.3 is 0 Å². The maximum absolute atomic E-state index is 2.77. The standard InChI is InChI=1S/C8H18N2.CH3.Ga/c1-4-9-7-8-10(5-2)6-3;;/h2,4-8H2,1,3H3;1H3;/q-1;;+1. The molecular weight excluding hydrogens is 206 g/mol. The second-order valence-corrected chi connectivity index (χ2v) is 10.0. The molecule has 2 nitrogen and oxygen atoms in total. The van der Waals surface area contributed by atoms with Crippen molar-refractivity contribution in [1.82, 2.24) is 8.51 Å². The Hall–Kier alpha value is 0.556. The van der Waals surface area contributed by atoms with Crippen molar-refractivity contribution >= 4 is 16.5 Å². The molecule has 0 bridgehead atoms. The zero-order valence-electron chi connectivity index (χ0n) is 8.71. The Kier molecular flexibility index (Phi) is 4.72. The molecule has 70 valence electrons. The van der Waals surface area contributed by atoms with Crippen LogP contribution in [0.15, 0.2) is 0 Å². The molecule has 0 aromatic carbocycles. The fraction of sp³-hybridized carbons (Fsp3) is 1.00. The molecule has 0 radical (unpaired) electrons. The van der Waals surface area contributed by atoms with Crippen molar-refractivity contribution in [3.8, 4) is 0 Å². The number of rotatable bonds is 2. The predicted molar refractivity (Wildman–Crippen MR) is 55.8 cm³/mol. The van der Waals surface area contributed by atoms with Crippen LogP contribution in [0.4, 0.5) is 0 Å². The van der Waals surface area contributed by atoms with E-state index in [1.54, 1.807) is 0 Å². The summed E-state index contributed by atoms with van der Waals surface area (Å²) in [7, 11) is 0. The summed E-state index contributed by atoms with van der Waals surface area (Å²) < 4.78 is 2.77. The Bertz CT molecular complexity index is 130. The molecule has 3 heteroatoms. The van der Waals surface area contributed by atoms with Crippen LogP contribution in [0.25, 0.3) is 0 Å². The first kappa shape index (κ1) is 10.6. The van der Waals surface area contributed by atoms with E-state index >= 15 is 0 Å². The zero-order chi connectivity index (χ0) is 8.97. The molecule has 0 aromatic heterocycles. The fourth-order valence-electron chi connectivity index (χ4n) is 1.94. The van der Waals surface area contributed by atoms with E-state index in [0.29, 0.717) is 0 Å². The van der Waals surface area contributed by atoms with Gasteiger partial charge in [-0.05, 0) is 0 Å². The van der Waals surface area contributed by atoms with Crippen molar-refractivity contribution < 1.29 is 0 Å². The first-order valence-electron chi connectivity index (χ1n) is 5.24. The number of hydrogen-bond acceptors (Lipinski definition) is 2. The van der Waals surface area contributed by atoms with Crippen molar-refractivity contribution in [3.05, 3.63) is 0 Å². The molecule has 0 unspecified atom stereocenters. The molecule has 1 fully saturated rings. The normalized spacial score (nSPS) is 22.8. The Morgan fingerprint density at radius 3 is 2.42 bits per heavy atom. The van der Waals surface area contributed by atoms with Crippen LogP contribution in [0.5, 0.6) is 0 Å². The molecule has 0 saturated carbocycles. The van der Waals surface area contributed by atoms with E-state index in [9.17, 15) is 0 Å². The maximum atomic E-state index is 2.77. The van der Waals surface area contributed by atoms with Crippen molar-refractivity contribution in [2.75, 3.05) is 32.7 Å². The molecule has 0 amide bonds. The van der Waals surface area contributed by atoms with Crippen LogP contribution < -0.4 is 0 Å². The summed E-state index contributed by atoms with van der Waals surface area (Å²) in [5.74, 6) is 0. The zero-order valence-corrected chi connectivity index (χ0v) is 11.1. The van der Waals surface area contributed by atoms with Gasteiger partial charge in [-0.1, -0.05) is 0 Å². The van der Waals surface area contributed by atoms with Crippen LogP contribution in [0.3, 0.4) is 0 Å². The van der Waals surface area contributed by atoms with E-state index in [-0.39, 0.29) is 0 Å². The van der Waals surface area contributed by atoms with Gasteiger partial charge in [0, 0.05) is 0 Å². The van der Waals surface area contributed by atoms with E-state index in [2.05, 4.69) is 27.8 Å². The van der Waals surface area contributed by atoms with E-state index in [0.717, 1.165) is 0 Å². The first-order chi connectivity index (χ1) is 5.77. The van der Waals surface area contributed by atoms with Crippen LogP contribution in [0.2, 0.25) is 10.5 Å². The van der Waals surface area contributed by atoms with Gasteiger partial charge in [0.2, 0.25) is 0 Å². The Morgan fingerprint density at radius 2 is 1.83 bits per heavy atom. The summed E-state index contributed by atoms with van der Waals surface area (Å²) in [5, 5.41) is 0. The molecule has 12 heavy (non-hydrogen) atoms. The summed E-state index contributed by atoms with van der Waals surface area (Å²) in [6, 6.07) is 0. The Morgan fingerprint density at radius 1 is 1.08 bits per heavy atom.